The predicted molar refractivity (Wildman–Crippen MR) is 86.6 cm³/mol. The van der Waals surface area contributed by atoms with Crippen molar-refractivity contribution in [3.8, 4) is 0 Å². The van der Waals surface area contributed by atoms with Crippen LogP contribution in [0.3, 0.4) is 0 Å². The topological polar surface area (TPSA) is 21.7 Å². The first-order valence-electron chi connectivity index (χ1n) is 7.96. The third kappa shape index (κ3) is 4.80. The summed E-state index contributed by atoms with van der Waals surface area (Å²) in [7, 11) is 1.76. The van der Waals surface area contributed by atoms with Gasteiger partial charge in [0.25, 0.3) is 0 Å². The zero-order chi connectivity index (χ0) is 15.3. The van der Waals surface area contributed by atoms with Crippen molar-refractivity contribution in [1.82, 2.24) is 4.90 Å². The molecule has 2 rings (SSSR count). The van der Waals surface area contributed by atoms with E-state index >= 15 is 0 Å². The number of ether oxygens (including phenoxy) is 2. The van der Waals surface area contributed by atoms with E-state index in [9.17, 15) is 0 Å². The first-order chi connectivity index (χ1) is 10.0. The first kappa shape index (κ1) is 16.5. The molecule has 1 aliphatic heterocycles. The van der Waals surface area contributed by atoms with Gasteiger partial charge < -0.3 is 9.47 Å². The highest BCUT2D eigenvalue weighted by Crippen LogP contribution is 2.24. The third-order valence-electron chi connectivity index (χ3n) is 4.42. The van der Waals surface area contributed by atoms with Crippen LogP contribution in [0.4, 0.5) is 0 Å². The molecule has 0 saturated carbocycles. The summed E-state index contributed by atoms with van der Waals surface area (Å²) in [4.78, 5) is 2.51. The molecule has 0 spiro atoms. The van der Waals surface area contributed by atoms with Crippen molar-refractivity contribution >= 4 is 0 Å². The largest absolute Gasteiger partial charge is 0.379 e. The SMILES string of the molecule is COC(C)(C)c1ccc(CC(C)CN2CCOCC2)cc1. The van der Waals surface area contributed by atoms with Crippen molar-refractivity contribution in [2.75, 3.05) is 40.0 Å². The number of benzene rings is 1. The van der Waals surface area contributed by atoms with Crippen LogP contribution in [-0.4, -0.2) is 44.9 Å². The molecule has 3 heteroatoms. The van der Waals surface area contributed by atoms with Gasteiger partial charge in [0, 0.05) is 26.7 Å². The number of hydrogen-bond acceptors (Lipinski definition) is 3. The van der Waals surface area contributed by atoms with Crippen molar-refractivity contribution < 1.29 is 9.47 Å². The van der Waals surface area contributed by atoms with Crippen molar-refractivity contribution in [2.45, 2.75) is 32.8 Å². The Kier molecular flexibility index (Phi) is 5.80. The number of methoxy groups -OCH3 is 1. The molecule has 0 aromatic heterocycles. The number of rotatable bonds is 6. The molecule has 0 radical (unpaired) electrons. The van der Waals surface area contributed by atoms with Crippen LogP contribution in [0.1, 0.15) is 31.9 Å². The summed E-state index contributed by atoms with van der Waals surface area (Å²) in [5.74, 6) is 0.671. The molecular formula is C18H29NO2. The lowest BCUT2D eigenvalue weighted by molar-refractivity contribution is 0.0192. The molecular weight excluding hydrogens is 262 g/mol. The molecule has 1 aromatic rings. The summed E-state index contributed by atoms with van der Waals surface area (Å²) in [6, 6.07) is 8.87. The van der Waals surface area contributed by atoms with E-state index in [4.69, 9.17) is 9.47 Å². The van der Waals surface area contributed by atoms with E-state index < -0.39 is 0 Å². The van der Waals surface area contributed by atoms with Crippen LogP contribution in [0.2, 0.25) is 0 Å². The van der Waals surface area contributed by atoms with Crippen LogP contribution in [0.25, 0.3) is 0 Å². The molecule has 3 nitrogen and oxygen atoms in total. The molecule has 0 N–H and O–H groups in total. The van der Waals surface area contributed by atoms with Gasteiger partial charge in [-0.1, -0.05) is 31.2 Å². The number of hydrogen-bond donors (Lipinski definition) is 0. The lowest BCUT2D eigenvalue weighted by atomic mass is 9.94. The van der Waals surface area contributed by atoms with Crippen molar-refractivity contribution in [3.05, 3.63) is 35.4 Å². The van der Waals surface area contributed by atoms with E-state index in [2.05, 4.69) is 49.9 Å². The Bertz CT molecular complexity index is 421. The second kappa shape index (κ2) is 7.39. The Hall–Kier alpha value is -0.900. The van der Waals surface area contributed by atoms with Crippen molar-refractivity contribution in [2.24, 2.45) is 5.92 Å². The Morgan fingerprint density at radius 2 is 1.81 bits per heavy atom. The Morgan fingerprint density at radius 3 is 2.38 bits per heavy atom. The molecule has 1 heterocycles. The average molecular weight is 291 g/mol. The highest BCUT2D eigenvalue weighted by molar-refractivity contribution is 5.26. The lowest BCUT2D eigenvalue weighted by Crippen LogP contribution is -2.39. The van der Waals surface area contributed by atoms with E-state index in [0.717, 1.165) is 39.3 Å². The lowest BCUT2D eigenvalue weighted by Gasteiger charge is -2.29. The third-order valence-corrected chi connectivity index (χ3v) is 4.42. The quantitative estimate of drug-likeness (QED) is 0.804. The average Bonchev–Trinajstić information content (AvgIpc) is 2.48. The maximum atomic E-state index is 5.53. The van der Waals surface area contributed by atoms with Crippen LogP contribution in [0.5, 0.6) is 0 Å². The Morgan fingerprint density at radius 1 is 1.19 bits per heavy atom. The van der Waals surface area contributed by atoms with Gasteiger partial charge in [0.2, 0.25) is 0 Å². The minimum absolute atomic E-state index is 0.210. The van der Waals surface area contributed by atoms with Gasteiger partial charge in [-0.05, 0) is 37.3 Å². The van der Waals surface area contributed by atoms with Crippen LogP contribution >= 0.6 is 0 Å². The van der Waals surface area contributed by atoms with Crippen LogP contribution in [0.15, 0.2) is 24.3 Å². The fraction of sp³-hybridized carbons (Fsp3) is 0.667. The van der Waals surface area contributed by atoms with E-state index in [1.807, 2.05) is 0 Å². The van der Waals surface area contributed by atoms with Crippen molar-refractivity contribution in [1.29, 1.82) is 0 Å². The summed E-state index contributed by atoms with van der Waals surface area (Å²) in [5.41, 5.74) is 2.43. The summed E-state index contributed by atoms with van der Waals surface area (Å²) < 4.78 is 10.9. The fourth-order valence-electron chi connectivity index (χ4n) is 2.85. The van der Waals surface area contributed by atoms with Crippen LogP contribution < -0.4 is 0 Å². The predicted octanol–water partition coefficient (Wildman–Crippen LogP) is 3.08. The number of morpholine rings is 1. The van der Waals surface area contributed by atoms with E-state index in [1.165, 1.54) is 11.1 Å². The van der Waals surface area contributed by atoms with Gasteiger partial charge in [0.05, 0.1) is 18.8 Å². The summed E-state index contributed by atoms with van der Waals surface area (Å²) >= 11 is 0. The van der Waals surface area contributed by atoms with E-state index in [0.29, 0.717) is 5.92 Å². The molecule has 1 atom stereocenters. The molecule has 0 amide bonds. The molecule has 0 bridgehead atoms. The Labute approximate surface area is 129 Å². The van der Waals surface area contributed by atoms with Gasteiger partial charge in [0.1, 0.15) is 0 Å². The maximum absolute atomic E-state index is 5.53. The molecule has 1 aliphatic rings. The zero-order valence-corrected chi connectivity index (χ0v) is 13.9. The molecule has 21 heavy (non-hydrogen) atoms. The molecule has 1 saturated heterocycles. The van der Waals surface area contributed by atoms with E-state index in [-0.39, 0.29) is 5.60 Å². The fourth-order valence-corrected chi connectivity index (χ4v) is 2.85. The second-order valence-electron chi connectivity index (χ2n) is 6.63. The zero-order valence-electron chi connectivity index (χ0n) is 13.9. The number of nitrogens with zero attached hydrogens (tertiary/aromatic N) is 1. The van der Waals surface area contributed by atoms with Gasteiger partial charge >= 0.3 is 0 Å². The normalized spacial score (nSPS) is 18.7. The monoisotopic (exact) mass is 291 g/mol. The second-order valence-corrected chi connectivity index (χ2v) is 6.63. The summed E-state index contributed by atoms with van der Waals surface area (Å²) in [6.07, 6.45) is 1.13. The minimum Gasteiger partial charge on any atom is -0.379 e. The van der Waals surface area contributed by atoms with E-state index in [1.54, 1.807) is 7.11 Å². The van der Waals surface area contributed by atoms with Gasteiger partial charge in [-0.3, -0.25) is 4.90 Å². The standard InChI is InChI=1S/C18H29NO2/c1-15(14-19-9-11-21-12-10-19)13-16-5-7-17(8-6-16)18(2,3)20-4/h5-8,15H,9-14H2,1-4H3. The molecule has 118 valence electrons. The molecule has 1 unspecified atom stereocenters. The maximum Gasteiger partial charge on any atom is 0.0871 e. The van der Waals surface area contributed by atoms with Gasteiger partial charge in [-0.25, -0.2) is 0 Å². The van der Waals surface area contributed by atoms with Crippen molar-refractivity contribution in [3.63, 3.8) is 0 Å². The minimum atomic E-state index is -0.210. The van der Waals surface area contributed by atoms with Gasteiger partial charge in [0.15, 0.2) is 0 Å². The smallest absolute Gasteiger partial charge is 0.0871 e. The van der Waals surface area contributed by atoms with Crippen LogP contribution in [-0.2, 0) is 21.5 Å². The summed E-state index contributed by atoms with van der Waals surface area (Å²) in [5, 5.41) is 0. The molecule has 0 aliphatic carbocycles. The van der Waals surface area contributed by atoms with Gasteiger partial charge in [-0.15, -0.1) is 0 Å². The Balaban J connectivity index is 1.87. The first-order valence-corrected chi connectivity index (χ1v) is 7.96. The van der Waals surface area contributed by atoms with Gasteiger partial charge in [-0.2, -0.15) is 0 Å². The molecule has 1 aromatic carbocycles. The summed E-state index contributed by atoms with van der Waals surface area (Å²) in [6.45, 7) is 11.6. The molecule has 1 fully saturated rings. The van der Waals surface area contributed by atoms with Crippen LogP contribution in [0, 0.1) is 5.92 Å². The highest BCUT2D eigenvalue weighted by atomic mass is 16.5. The highest BCUT2D eigenvalue weighted by Gasteiger charge is 2.19.